The van der Waals surface area contributed by atoms with E-state index in [2.05, 4.69) is 0 Å². The summed E-state index contributed by atoms with van der Waals surface area (Å²) in [6.45, 7) is 1.69. The Morgan fingerprint density at radius 1 is 1.47 bits per heavy atom. The van der Waals surface area contributed by atoms with Crippen LogP contribution in [0.25, 0.3) is 0 Å². The molecule has 1 rings (SSSR count). The molecule has 0 radical (unpaired) electrons. The molecular formula is C11H12Cl2O3S. The van der Waals surface area contributed by atoms with E-state index >= 15 is 0 Å². The van der Waals surface area contributed by atoms with Crippen molar-refractivity contribution in [2.75, 3.05) is 0 Å². The van der Waals surface area contributed by atoms with Gasteiger partial charge in [-0.15, -0.1) is 0 Å². The van der Waals surface area contributed by atoms with Crippen molar-refractivity contribution >= 4 is 40.0 Å². The Labute approximate surface area is 112 Å². The summed E-state index contributed by atoms with van der Waals surface area (Å²) in [7, 11) is -1.50. The maximum Gasteiger partial charge on any atom is 0.319 e. The fraction of sp³-hybridized carbons (Fsp3) is 0.364. The molecule has 1 aromatic carbocycles. The molecule has 0 aliphatic heterocycles. The molecule has 0 aliphatic carbocycles. The van der Waals surface area contributed by atoms with Gasteiger partial charge in [-0.1, -0.05) is 42.3 Å². The second kappa shape index (κ2) is 6.38. The van der Waals surface area contributed by atoms with Gasteiger partial charge < -0.3 is 5.11 Å². The summed E-state index contributed by atoms with van der Waals surface area (Å²) >= 11 is 11.8. The molecule has 0 fully saturated rings. The largest absolute Gasteiger partial charge is 0.480 e. The van der Waals surface area contributed by atoms with Crippen molar-refractivity contribution in [1.29, 1.82) is 0 Å². The summed E-state index contributed by atoms with van der Waals surface area (Å²) in [4.78, 5) is 10.9. The van der Waals surface area contributed by atoms with Gasteiger partial charge in [-0.05, 0) is 18.1 Å². The van der Waals surface area contributed by atoms with E-state index < -0.39 is 22.0 Å². The number of aliphatic carboxylic acids is 1. The Morgan fingerprint density at radius 2 is 2.12 bits per heavy atom. The second-order valence-electron chi connectivity index (χ2n) is 3.47. The van der Waals surface area contributed by atoms with Crippen LogP contribution in [0.1, 0.15) is 18.9 Å². The molecule has 0 spiro atoms. The average Bonchev–Trinajstić information content (AvgIpc) is 2.25. The van der Waals surface area contributed by atoms with E-state index in [0.29, 0.717) is 22.0 Å². The highest BCUT2D eigenvalue weighted by atomic mass is 35.5. The van der Waals surface area contributed by atoms with E-state index in [4.69, 9.17) is 28.3 Å². The highest BCUT2D eigenvalue weighted by molar-refractivity contribution is 7.85. The van der Waals surface area contributed by atoms with Gasteiger partial charge in [0, 0.05) is 10.8 Å². The van der Waals surface area contributed by atoms with Crippen molar-refractivity contribution < 1.29 is 14.1 Å². The molecule has 1 aromatic rings. The third-order valence-electron chi connectivity index (χ3n) is 2.29. The van der Waals surface area contributed by atoms with E-state index in [1.165, 1.54) is 0 Å². The van der Waals surface area contributed by atoms with E-state index in [-0.39, 0.29) is 5.75 Å². The third-order valence-corrected chi connectivity index (χ3v) is 4.92. The van der Waals surface area contributed by atoms with Crippen molar-refractivity contribution in [1.82, 2.24) is 0 Å². The molecule has 3 nitrogen and oxygen atoms in total. The van der Waals surface area contributed by atoms with Crippen molar-refractivity contribution in [2.45, 2.75) is 24.3 Å². The first-order valence-electron chi connectivity index (χ1n) is 5.00. The third kappa shape index (κ3) is 3.69. The molecule has 0 heterocycles. The van der Waals surface area contributed by atoms with Crippen LogP contribution in [-0.4, -0.2) is 20.5 Å². The SMILES string of the molecule is CCC(C(=O)O)S(=O)Cc1cccc(Cl)c1Cl. The first kappa shape index (κ1) is 14.5. The molecule has 2 unspecified atom stereocenters. The average molecular weight is 295 g/mol. The summed E-state index contributed by atoms with van der Waals surface area (Å²) in [5.74, 6) is -0.950. The molecule has 1 N–H and O–H groups in total. The molecule has 17 heavy (non-hydrogen) atoms. The van der Waals surface area contributed by atoms with Gasteiger partial charge in [0.15, 0.2) is 0 Å². The van der Waals surface area contributed by atoms with Gasteiger partial charge in [-0.2, -0.15) is 0 Å². The summed E-state index contributed by atoms with van der Waals surface area (Å²) in [5, 5.41) is 8.74. The molecule has 0 saturated heterocycles. The molecule has 2 atom stereocenters. The predicted molar refractivity (Wildman–Crippen MR) is 70.0 cm³/mol. The Balaban J connectivity index is 2.88. The lowest BCUT2D eigenvalue weighted by Crippen LogP contribution is -2.25. The van der Waals surface area contributed by atoms with Crippen LogP contribution in [0.4, 0.5) is 0 Å². The second-order valence-corrected chi connectivity index (χ2v) is 5.88. The Morgan fingerprint density at radius 3 is 2.65 bits per heavy atom. The lowest BCUT2D eigenvalue weighted by molar-refractivity contribution is -0.136. The Kier molecular flexibility index (Phi) is 5.43. The van der Waals surface area contributed by atoms with E-state index in [1.807, 2.05) is 0 Å². The molecule has 0 aliphatic rings. The first-order valence-corrected chi connectivity index (χ1v) is 7.14. The minimum absolute atomic E-state index is 0.101. The molecule has 94 valence electrons. The highest BCUT2D eigenvalue weighted by Gasteiger charge is 2.23. The molecule has 0 aromatic heterocycles. The lowest BCUT2D eigenvalue weighted by atomic mass is 10.2. The number of hydrogen-bond acceptors (Lipinski definition) is 2. The van der Waals surface area contributed by atoms with Crippen LogP contribution < -0.4 is 0 Å². The minimum Gasteiger partial charge on any atom is -0.480 e. The summed E-state index contributed by atoms with van der Waals surface area (Å²) < 4.78 is 11.9. The van der Waals surface area contributed by atoms with Crippen molar-refractivity contribution in [3.63, 3.8) is 0 Å². The summed E-state index contributed by atoms with van der Waals surface area (Å²) in [6, 6.07) is 5.02. The topological polar surface area (TPSA) is 54.4 Å². The van der Waals surface area contributed by atoms with Crippen LogP contribution in [0.2, 0.25) is 10.0 Å². The van der Waals surface area contributed by atoms with Gasteiger partial charge in [0.05, 0.1) is 15.8 Å². The zero-order valence-electron chi connectivity index (χ0n) is 9.15. The van der Waals surface area contributed by atoms with Gasteiger partial charge in [-0.25, -0.2) is 0 Å². The van der Waals surface area contributed by atoms with Crippen LogP contribution >= 0.6 is 23.2 Å². The fourth-order valence-electron chi connectivity index (χ4n) is 1.39. The number of rotatable bonds is 5. The number of carboxylic acid groups (broad SMARTS) is 1. The van der Waals surface area contributed by atoms with Crippen LogP contribution in [0.5, 0.6) is 0 Å². The van der Waals surface area contributed by atoms with Crippen LogP contribution in [0, 0.1) is 0 Å². The van der Waals surface area contributed by atoms with E-state index in [1.54, 1.807) is 25.1 Å². The normalized spacial score (nSPS) is 14.3. The van der Waals surface area contributed by atoms with Gasteiger partial charge in [0.1, 0.15) is 5.25 Å². The zero-order valence-corrected chi connectivity index (χ0v) is 11.5. The Bertz CT molecular complexity index is 448. The standard InChI is InChI=1S/C11H12Cl2O3S/c1-2-9(11(14)15)17(16)6-7-4-3-5-8(12)10(7)13/h3-5,9H,2,6H2,1H3,(H,14,15). The molecule has 0 bridgehead atoms. The Hall–Kier alpha value is -0.580. The van der Waals surface area contributed by atoms with E-state index in [0.717, 1.165) is 0 Å². The fourth-order valence-corrected chi connectivity index (χ4v) is 3.20. The quantitative estimate of drug-likeness (QED) is 0.908. The van der Waals surface area contributed by atoms with Gasteiger partial charge >= 0.3 is 5.97 Å². The summed E-state index contributed by atoms with van der Waals surface area (Å²) in [5.41, 5.74) is 0.609. The monoisotopic (exact) mass is 294 g/mol. The summed E-state index contributed by atoms with van der Waals surface area (Å²) in [6.07, 6.45) is 0.320. The maximum absolute atomic E-state index is 11.9. The van der Waals surface area contributed by atoms with E-state index in [9.17, 15) is 9.00 Å². The smallest absolute Gasteiger partial charge is 0.319 e. The number of carboxylic acids is 1. The maximum atomic E-state index is 11.9. The number of benzene rings is 1. The number of hydrogen-bond donors (Lipinski definition) is 1. The molecule has 6 heteroatoms. The van der Waals surface area contributed by atoms with Crippen molar-refractivity contribution in [2.24, 2.45) is 0 Å². The van der Waals surface area contributed by atoms with Crippen LogP contribution in [-0.2, 0) is 21.3 Å². The van der Waals surface area contributed by atoms with Crippen LogP contribution in [0.3, 0.4) is 0 Å². The lowest BCUT2D eigenvalue weighted by Gasteiger charge is -2.11. The molecular weight excluding hydrogens is 283 g/mol. The van der Waals surface area contributed by atoms with Crippen LogP contribution in [0.15, 0.2) is 18.2 Å². The predicted octanol–water partition coefficient (Wildman–Crippen LogP) is 3.11. The van der Waals surface area contributed by atoms with Gasteiger partial charge in [0.25, 0.3) is 0 Å². The zero-order chi connectivity index (χ0) is 13.0. The number of carbonyl (C=O) groups is 1. The minimum atomic E-state index is -1.50. The number of halogens is 2. The van der Waals surface area contributed by atoms with Gasteiger partial charge in [0.2, 0.25) is 0 Å². The van der Waals surface area contributed by atoms with Crippen molar-refractivity contribution in [3.8, 4) is 0 Å². The first-order chi connectivity index (χ1) is 7.97. The molecule has 0 saturated carbocycles. The van der Waals surface area contributed by atoms with Gasteiger partial charge in [-0.3, -0.25) is 9.00 Å². The van der Waals surface area contributed by atoms with Crippen molar-refractivity contribution in [3.05, 3.63) is 33.8 Å². The molecule has 0 amide bonds. The highest BCUT2D eigenvalue weighted by Crippen LogP contribution is 2.27.